The third-order valence-corrected chi connectivity index (χ3v) is 2.71. The van der Waals surface area contributed by atoms with Crippen molar-refractivity contribution < 1.29 is 9.53 Å². The fourth-order valence-corrected chi connectivity index (χ4v) is 1.81. The van der Waals surface area contributed by atoms with Gasteiger partial charge in [0.2, 0.25) is 5.91 Å². The van der Waals surface area contributed by atoms with Gasteiger partial charge < -0.3 is 9.64 Å². The SMILES string of the molecule is Cc1cccc2c1OC(C)CC(=O)N2C. The average Bonchev–Trinajstić information content (AvgIpc) is 2.29. The van der Waals surface area contributed by atoms with E-state index in [1.165, 1.54) is 0 Å². The molecule has 1 unspecified atom stereocenters. The number of ether oxygens (including phenoxy) is 1. The lowest BCUT2D eigenvalue weighted by Crippen LogP contribution is -2.27. The van der Waals surface area contributed by atoms with Gasteiger partial charge in [-0.15, -0.1) is 0 Å². The maximum atomic E-state index is 11.7. The molecule has 0 saturated heterocycles. The van der Waals surface area contributed by atoms with E-state index in [4.69, 9.17) is 4.74 Å². The highest BCUT2D eigenvalue weighted by atomic mass is 16.5. The molecule has 3 heteroatoms. The van der Waals surface area contributed by atoms with Crippen LogP contribution in [0.25, 0.3) is 0 Å². The summed E-state index contributed by atoms with van der Waals surface area (Å²) in [5, 5.41) is 0. The highest BCUT2D eigenvalue weighted by Crippen LogP contribution is 2.34. The first-order valence-corrected chi connectivity index (χ1v) is 5.12. The molecule has 0 fully saturated rings. The summed E-state index contributed by atoms with van der Waals surface area (Å²) in [7, 11) is 1.79. The molecule has 1 aliphatic heterocycles. The summed E-state index contributed by atoms with van der Waals surface area (Å²) >= 11 is 0. The van der Waals surface area contributed by atoms with Gasteiger partial charge in [-0.2, -0.15) is 0 Å². The molecule has 0 aliphatic carbocycles. The van der Waals surface area contributed by atoms with Crippen molar-refractivity contribution in [3.05, 3.63) is 23.8 Å². The van der Waals surface area contributed by atoms with E-state index in [1.807, 2.05) is 32.0 Å². The summed E-state index contributed by atoms with van der Waals surface area (Å²) in [6, 6.07) is 5.85. The Labute approximate surface area is 89.7 Å². The van der Waals surface area contributed by atoms with Crippen LogP contribution in [0.5, 0.6) is 5.75 Å². The second-order valence-electron chi connectivity index (χ2n) is 4.01. The van der Waals surface area contributed by atoms with Crippen LogP contribution in [0.3, 0.4) is 0 Å². The van der Waals surface area contributed by atoms with E-state index in [2.05, 4.69) is 0 Å². The number of amides is 1. The number of rotatable bonds is 0. The zero-order chi connectivity index (χ0) is 11.0. The van der Waals surface area contributed by atoms with Crippen LogP contribution in [-0.2, 0) is 4.79 Å². The smallest absolute Gasteiger partial charge is 0.230 e. The highest BCUT2D eigenvalue weighted by Gasteiger charge is 2.24. The summed E-state index contributed by atoms with van der Waals surface area (Å²) in [6.07, 6.45) is 0.382. The lowest BCUT2D eigenvalue weighted by atomic mass is 10.2. The lowest BCUT2D eigenvalue weighted by Gasteiger charge is -2.17. The fourth-order valence-electron chi connectivity index (χ4n) is 1.81. The Balaban J connectivity index is 2.54. The maximum Gasteiger partial charge on any atom is 0.230 e. The Kier molecular flexibility index (Phi) is 2.39. The van der Waals surface area contributed by atoms with Gasteiger partial charge in [-0.25, -0.2) is 0 Å². The van der Waals surface area contributed by atoms with E-state index in [1.54, 1.807) is 11.9 Å². The maximum absolute atomic E-state index is 11.7. The van der Waals surface area contributed by atoms with E-state index >= 15 is 0 Å². The molecular weight excluding hydrogens is 190 g/mol. The molecule has 15 heavy (non-hydrogen) atoms. The quantitative estimate of drug-likeness (QED) is 0.649. The van der Waals surface area contributed by atoms with Crippen LogP contribution in [0.2, 0.25) is 0 Å². The number of hydrogen-bond acceptors (Lipinski definition) is 2. The van der Waals surface area contributed by atoms with Crippen molar-refractivity contribution >= 4 is 11.6 Å². The van der Waals surface area contributed by atoms with Gasteiger partial charge in [0.15, 0.2) is 0 Å². The molecule has 1 aliphatic rings. The molecule has 3 nitrogen and oxygen atoms in total. The van der Waals surface area contributed by atoms with Crippen molar-refractivity contribution in [2.45, 2.75) is 26.4 Å². The summed E-state index contributed by atoms with van der Waals surface area (Å²) in [4.78, 5) is 13.4. The second-order valence-corrected chi connectivity index (χ2v) is 4.01. The summed E-state index contributed by atoms with van der Waals surface area (Å²) in [5.41, 5.74) is 1.94. The molecule has 0 aromatic heterocycles. The van der Waals surface area contributed by atoms with E-state index in [0.29, 0.717) is 6.42 Å². The van der Waals surface area contributed by atoms with Crippen molar-refractivity contribution in [3.63, 3.8) is 0 Å². The minimum Gasteiger partial charge on any atom is -0.488 e. The Morgan fingerprint density at radius 2 is 2.20 bits per heavy atom. The third kappa shape index (κ3) is 1.69. The van der Waals surface area contributed by atoms with Crippen molar-refractivity contribution in [2.24, 2.45) is 0 Å². The van der Waals surface area contributed by atoms with Gasteiger partial charge in [-0.1, -0.05) is 12.1 Å². The minimum atomic E-state index is -0.0534. The van der Waals surface area contributed by atoms with E-state index < -0.39 is 0 Å². The molecule has 0 radical (unpaired) electrons. The Hall–Kier alpha value is -1.51. The normalized spacial score (nSPS) is 20.6. The van der Waals surface area contributed by atoms with Gasteiger partial charge in [0.1, 0.15) is 11.9 Å². The van der Waals surface area contributed by atoms with E-state index in [-0.39, 0.29) is 12.0 Å². The Morgan fingerprint density at radius 1 is 1.47 bits per heavy atom. The number of para-hydroxylation sites is 1. The van der Waals surface area contributed by atoms with E-state index in [9.17, 15) is 4.79 Å². The highest BCUT2D eigenvalue weighted by molar-refractivity contribution is 5.95. The van der Waals surface area contributed by atoms with Gasteiger partial charge in [0, 0.05) is 7.05 Å². The number of carbonyl (C=O) groups is 1. The first-order valence-electron chi connectivity index (χ1n) is 5.12. The first-order chi connectivity index (χ1) is 7.09. The van der Waals surface area contributed by atoms with Crippen LogP contribution in [0, 0.1) is 6.92 Å². The van der Waals surface area contributed by atoms with Crippen LogP contribution >= 0.6 is 0 Å². The molecule has 0 spiro atoms. The molecule has 2 rings (SSSR count). The zero-order valence-electron chi connectivity index (χ0n) is 9.28. The lowest BCUT2D eigenvalue weighted by molar-refractivity contribution is -0.119. The topological polar surface area (TPSA) is 29.5 Å². The van der Waals surface area contributed by atoms with Crippen molar-refractivity contribution in [1.82, 2.24) is 0 Å². The second kappa shape index (κ2) is 3.57. The van der Waals surface area contributed by atoms with Crippen LogP contribution in [0.15, 0.2) is 18.2 Å². The summed E-state index contributed by atoms with van der Waals surface area (Å²) < 4.78 is 5.77. The molecule has 80 valence electrons. The standard InChI is InChI=1S/C12H15NO2/c1-8-5-4-6-10-12(8)15-9(2)7-11(14)13(10)3/h4-6,9H,7H2,1-3H3. The molecule has 0 N–H and O–H groups in total. The largest absolute Gasteiger partial charge is 0.488 e. The van der Waals surface area contributed by atoms with Crippen molar-refractivity contribution in [3.8, 4) is 5.75 Å². The Bertz CT molecular complexity index is 401. The molecule has 0 saturated carbocycles. The molecule has 1 atom stereocenters. The Morgan fingerprint density at radius 3 is 2.93 bits per heavy atom. The van der Waals surface area contributed by atoms with Crippen LogP contribution in [0.1, 0.15) is 18.9 Å². The fraction of sp³-hybridized carbons (Fsp3) is 0.417. The molecule has 0 bridgehead atoms. The predicted octanol–water partition coefficient (Wildman–Crippen LogP) is 2.13. The number of aryl methyl sites for hydroxylation is 1. The van der Waals surface area contributed by atoms with Crippen LogP contribution < -0.4 is 9.64 Å². The van der Waals surface area contributed by atoms with Gasteiger partial charge in [0.05, 0.1) is 12.1 Å². The number of hydrogen-bond donors (Lipinski definition) is 0. The predicted molar refractivity (Wildman–Crippen MR) is 59.3 cm³/mol. The van der Waals surface area contributed by atoms with Gasteiger partial charge in [0.25, 0.3) is 0 Å². The molecule has 1 aromatic rings. The van der Waals surface area contributed by atoms with Crippen LogP contribution in [0.4, 0.5) is 5.69 Å². The molecule has 1 aromatic carbocycles. The number of carbonyl (C=O) groups excluding carboxylic acids is 1. The minimum absolute atomic E-state index is 0.0534. The zero-order valence-corrected chi connectivity index (χ0v) is 9.28. The van der Waals surface area contributed by atoms with E-state index in [0.717, 1.165) is 17.0 Å². The van der Waals surface area contributed by atoms with Gasteiger partial charge in [-0.3, -0.25) is 4.79 Å². The third-order valence-electron chi connectivity index (χ3n) is 2.71. The number of benzene rings is 1. The van der Waals surface area contributed by atoms with Crippen molar-refractivity contribution in [1.29, 1.82) is 0 Å². The van der Waals surface area contributed by atoms with Crippen LogP contribution in [-0.4, -0.2) is 19.1 Å². The number of nitrogens with zero attached hydrogens (tertiary/aromatic N) is 1. The molecule has 1 amide bonds. The molecule has 1 heterocycles. The van der Waals surface area contributed by atoms with Crippen molar-refractivity contribution in [2.75, 3.05) is 11.9 Å². The molecular formula is C12H15NO2. The van der Waals surface area contributed by atoms with Gasteiger partial charge >= 0.3 is 0 Å². The summed E-state index contributed by atoms with van der Waals surface area (Å²) in [6.45, 7) is 3.92. The monoisotopic (exact) mass is 205 g/mol. The van der Waals surface area contributed by atoms with Gasteiger partial charge in [-0.05, 0) is 25.5 Å². The summed E-state index contributed by atoms with van der Waals surface area (Å²) in [5.74, 6) is 0.935. The first kappa shape index (κ1) is 10.0. The average molecular weight is 205 g/mol. The number of anilines is 1. The number of fused-ring (bicyclic) bond motifs is 1.